The topological polar surface area (TPSA) is 75.9 Å². The summed E-state index contributed by atoms with van der Waals surface area (Å²) in [6.07, 6.45) is 9.15. The quantitative estimate of drug-likeness (QED) is 0.897. The van der Waals surface area contributed by atoms with E-state index in [1.54, 1.807) is 24.7 Å². The fourth-order valence-electron chi connectivity index (χ4n) is 2.92. The van der Waals surface area contributed by atoms with Gasteiger partial charge in [-0.05, 0) is 38.4 Å². The number of aromatic nitrogens is 4. The lowest BCUT2D eigenvalue weighted by molar-refractivity contribution is -0.121. The molecule has 22 heavy (non-hydrogen) atoms. The van der Waals surface area contributed by atoms with E-state index in [0.29, 0.717) is 12.0 Å². The summed E-state index contributed by atoms with van der Waals surface area (Å²) in [7, 11) is 0. The Morgan fingerprint density at radius 2 is 2.18 bits per heavy atom. The summed E-state index contributed by atoms with van der Waals surface area (Å²) >= 11 is 0. The second-order valence-corrected chi connectivity index (χ2v) is 5.50. The fourth-order valence-corrected chi connectivity index (χ4v) is 2.92. The Balaban J connectivity index is 1.62. The van der Waals surface area contributed by atoms with E-state index < -0.39 is 0 Å². The monoisotopic (exact) mass is 300 g/mol. The van der Waals surface area contributed by atoms with Gasteiger partial charge in [0.25, 0.3) is 0 Å². The van der Waals surface area contributed by atoms with Gasteiger partial charge in [-0.2, -0.15) is 5.10 Å². The second-order valence-electron chi connectivity index (χ2n) is 5.50. The van der Waals surface area contributed by atoms with Crippen molar-refractivity contribution < 1.29 is 4.79 Å². The Bertz CT molecular complexity index is 600. The number of likely N-dealkylation sites (tertiary alicyclic amines) is 1. The third-order valence-electron chi connectivity index (χ3n) is 4.06. The number of rotatable bonds is 5. The predicted octanol–water partition coefficient (Wildman–Crippen LogP) is 1.16. The first-order chi connectivity index (χ1) is 10.7. The van der Waals surface area contributed by atoms with Crippen LogP contribution in [0.4, 0.5) is 5.95 Å². The van der Waals surface area contributed by atoms with Gasteiger partial charge in [0.1, 0.15) is 0 Å². The summed E-state index contributed by atoms with van der Waals surface area (Å²) in [6, 6.07) is 3.76. The molecule has 0 aliphatic carbocycles. The van der Waals surface area contributed by atoms with E-state index >= 15 is 0 Å². The molecular formula is C15H20N6O. The maximum Gasteiger partial charge on any atom is 0.243 e. The second kappa shape index (κ2) is 6.65. The number of carbonyl (C=O) groups excluding carboxylic acids is 1. The normalized spacial score (nSPS) is 20.0. The van der Waals surface area contributed by atoms with E-state index in [9.17, 15) is 4.79 Å². The highest BCUT2D eigenvalue weighted by Gasteiger charge is 2.32. The van der Waals surface area contributed by atoms with Gasteiger partial charge in [0.2, 0.25) is 11.9 Å². The molecule has 0 bridgehead atoms. The van der Waals surface area contributed by atoms with Gasteiger partial charge in [0.05, 0.1) is 12.6 Å². The molecule has 1 aliphatic rings. The van der Waals surface area contributed by atoms with E-state index in [1.165, 1.54) is 0 Å². The zero-order valence-electron chi connectivity index (χ0n) is 12.6. The van der Waals surface area contributed by atoms with Crippen molar-refractivity contribution in [2.45, 2.75) is 38.4 Å². The SMILES string of the molecule is C[C@H](C(=O)Nc1ncccn1)N1CCC[C@H]1Cn1cccn1. The molecule has 3 rings (SSSR count). The standard InChI is InChI=1S/C15H20N6O/c1-12(14(22)19-15-16-6-3-7-17-15)21-10-2-5-13(21)11-20-9-4-8-18-20/h3-4,6-9,12-13H,2,5,10-11H2,1H3,(H,16,17,19,22)/t12-,13+/m1/s1. The molecule has 1 saturated heterocycles. The van der Waals surface area contributed by atoms with Crippen molar-refractivity contribution in [3.8, 4) is 0 Å². The molecule has 2 atom stereocenters. The molecule has 1 N–H and O–H groups in total. The lowest BCUT2D eigenvalue weighted by Crippen LogP contribution is -2.46. The Labute approximate surface area is 129 Å². The molecule has 1 aliphatic heterocycles. The smallest absolute Gasteiger partial charge is 0.243 e. The Morgan fingerprint density at radius 3 is 2.91 bits per heavy atom. The largest absolute Gasteiger partial charge is 0.293 e. The van der Waals surface area contributed by atoms with Crippen LogP contribution in [-0.4, -0.2) is 49.2 Å². The molecular weight excluding hydrogens is 280 g/mol. The molecule has 0 unspecified atom stereocenters. The summed E-state index contributed by atoms with van der Waals surface area (Å²) < 4.78 is 1.92. The van der Waals surface area contributed by atoms with Gasteiger partial charge < -0.3 is 0 Å². The van der Waals surface area contributed by atoms with E-state index in [2.05, 4.69) is 25.3 Å². The fraction of sp³-hybridized carbons (Fsp3) is 0.467. The van der Waals surface area contributed by atoms with Crippen LogP contribution in [0.15, 0.2) is 36.9 Å². The molecule has 0 aromatic carbocycles. The van der Waals surface area contributed by atoms with Crippen LogP contribution in [0.2, 0.25) is 0 Å². The highest BCUT2D eigenvalue weighted by atomic mass is 16.2. The Kier molecular flexibility index (Phi) is 4.43. The van der Waals surface area contributed by atoms with Crippen LogP contribution in [0.3, 0.4) is 0 Å². The lowest BCUT2D eigenvalue weighted by Gasteiger charge is -2.29. The van der Waals surface area contributed by atoms with Gasteiger partial charge in [-0.1, -0.05) is 0 Å². The van der Waals surface area contributed by atoms with Gasteiger partial charge >= 0.3 is 0 Å². The Hall–Kier alpha value is -2.28. The number of carbonyl (C=O) groups is 1. The summed E-state index contributed by atoms with van der Waals surface area (Å²) in [5.41, 5.74) is 0. The molecule has 2 aromatic heterocycles. The average molecular weight is 300 g/mol. The van der Waals surface area contributed by atoms with Gasteiger partial charge in [-0.25, -0.2) is 9.97 Å². The van der Waals surface area contributed by atoms with Crippen LogP contribution >= 0.6 is 0 Å². The van der Waals surface area contributed by atoms with Gasteiger partial charge in [0, 0.05) is 30.8 Å². The maximum atomic E-state index is 12.4. The van der Waals surface area contributed by atoms with Crippen molar-refractivity contribution >= 4 is 11.9 Å². The maximum absolute atomic E-state index is 12.4. The number of amides is 1. The number of nitrogens with one attached hydrogen (secondary N) is 1. The van der Waals surface area contributed by atoms with Crippen molar-refractivity contribution in [2.75, 3.05) is 11.9 Å². The average Bonchev–Trinajstić information content (AvgIpc) is 3.20. The molecule has 7 nitrogen and oxygen atoms in total. The van der Waals surface area contributed by atoms with Crippen LogP contribution in [0.25, 0.3) is 0 Å². The molecule has 0 spiro atoms. The van der Waals surface area contributed by atoms with E-state index in [1.807, 2.05) is 23.9 Å². The zero-order chi connectivity index (χ0) is 15.4. The van der Waals surface area contributed by atoms with E-state index in [4.69, 9.17) is 0 Å². The van der Waals surface area contributed by atoms with Crippen LogP contribution in [0.5, 0.6) is 0 Å². The van der Waals surface area contributed by atoms with E-state index in [-0.39, 0.29) is 11.9 Å². The number of hydrogen-bond acceptors (Lipinski definition) is 5. The molecule has 1 amide bonds. The molecule has 0 radical (unpaired) electrons. The van der Waals surface area contributed by atoms with Crippen LogP contribution < -0.4 is 5.32 Å². The number of hydrogen-bond donors (Lipinski definition) is 1. The highest BCUT2D eigenvalue weighted by Crippen LogP contribution is 2.22. The minimum absolute atomic E-state index is 0.0708. The lowest BCUT2D eigenvalue weighted by atomic mass is 10.2. The highest BCUT2D eigenvalue weighted by molar-refractivity contribution is 5.93. The van der Waals surface area contributed by atoms with Crippen molar-refractivity contribution in [3.05, 3.63) is 36.9 Å². The van der Waals surface area contributed by atoms with Gasteiger partial charge in [-0.3, -0.25) is 19.7 Å². The minimum atomic E-state index is -0.216. The number of anilines is 1. The summed E-state index contributed by atoms with van der Waals surface area (Å²) in [6.45, 7) is 3.67. The molecule has 3 heterocycles. The summed E-state index contributed by atoms with van der Waals surface area (Å²) in [5.74, 6) is 0.278. The van der Waals surface area contributed by atoms with Crippen molar-refractivity contribution in [1.82, 2.24) is 24.6 Å². The summed E-state index contributed by atoms with van der Waals surface area (Å²) in [4.78, 5) is 22.7. The van der Waals surface area contributed by atoms with Crippen molar-refractivity contribution in [1.29, 1.82) is 0 Å². The minimum Gasteiger partial charge on any atom is -0.293 e. The van der Waals surface area contributed by atoms with Crippen molar-refractivity contribution in [2.24, 2.45) is 0 Å². The van der Waals surface area contributed by atoms with Crippen LogP contribution in [0, 0.1) is 0 Å². The molecule has 1 fully saturated rings. The Morgan fingerprint density at radius 1 is 1.36 bits per heavy atom. The first kappa shape index (κ1) is 14.6. The third kappa shape index (κ3) is 3.30. The number of nitrogens with zero attached hydrogens (tertiary/aromatic N) is 5. The van der Waals surface area contributed by atoms with E-state index in [0.717, 1.165) is 25.9 Å². The van der Waals surface area contributed by atoms with Gasteiger partial charge in [0.15, 0.2) is 0 Å². The summed E-state index contributed by atoms with van der Waals surface area (Å²) in [5, 5.41) is 7.03. The first-order valence-electron chi connectivity index (χ1n) is 7.55. The van der Waals surface area contributed by atoms with Crippen LogP contribution in [0.1, 0.15) is 19.8 Å². The third-order valence-corrected chi connectivity index (χ3v) is 4.06. The molecule has 116 valence electrons. The zero-order valence-corrected chi connectivity index (χ0v) is 12.6. The first-order valence-corrected chi connectivity index (χ1v) is 7.55. The van der Waals surface area contributed by atoms with Gasteiger partial charge in [-0.15, -0.1) is 0 Å². The predicted molar refractivity (Wildman–Crippen MR) is 82.1 cm³/mol. The molecule has 2 aromatic rings. The van der Waals surface area contributed by atoms with Crippen molar-refractivity contribution in [3.63, 3.8) is 0 Å². The van der Waals surface area contributed by atoms with Crippen LogP contribution in [-0.2, 0) is 11.3 Å². The molecule has 7 heteroatoms. The molecule has 0 saturated carbocycles.